The summed E-state index contributed by atoms with van der Waals surface area (Å²) >= 11 is 0. The van der Waals surface area contributed by atoms with Gasteiger partial charge in [-0.2, -0.15) is 13.2 Å². The number of hydrogen-bond donors (Lipinski definition) is 0. The highest BCUT2D eigenvalue weighted by Gasteiger charge is 2.39. The van der Waals surface area contributed by atoms with E-state index in [9.17, 15) is 13.2 Å². The van der Waals surface area contributed by atoms with Crippen molar-refractivity contribution in [3.8, 4) is 0 Å². The maximum Gasteiger partial charge on any atom is 0.392 e. The molecule has 4 heteroatoms. The van der Waals surface area contributed by atoms with E-state index in [0.29, 0.717) is 12.1 Å². The van der Waals surface area contributed by atoms with E-state index < -0.39 is 12.1 Å². The van der Waals surface area contributed by atoms with Gasteiger partial charge in [0.2, 0.25) is 0 Å². The summed E-state index contributed by atoms with van der Waals surface area (Å²) < 4.78 is 37.2. The van der Waals surface area contributed by atoms with Crippen molar-refractivity contribution in [3.05, 3.63) is 37.1 Å². The number of alkyl halides is 3. The average molecular weight is 229 g/mol. The van der Waals surface area contributed by atoms with Gasteiger partial charge in [0.1, 0.15) is 0 Å². The van der Waals surface area contributed by atoms with E-state index in [-0.39, 0.29) is 12.8 Å². The summed E-state index contributed by atoms with van der Waals surface area (Å²) in [7, 11) is 0. The first-order valence-corrected chi connectivity index (χ1v) is 5.06. The molecule has 1 aliphatic rings. The monoisotopic (exact) mass is 229 g/mol. The minimum Gasteiger partial charge on any atom is -0.257 e. The lowest BCUT2D eigenvalue weighted by molar-refractivity contribution is -0.176. The molecule has 0 saturated carbocycles. The second-order valence-corrected chi connectivity index (χ2v) is 3.64. The van der Waals surface area contributed by atoms with E-state index in [1.165, 1.54) is 6.20 Å². The van der Waals surface area contributed by atoms with Crippen LogP contribution in [0.15, 0.2) is 42.1 Å². The van der Waals surface area contributed by atoms with Crippen LogP contribution in [-0.2, 0) is 0 Å². The summed E-state index contributed by atoms with van der Waals surface area (Å²) in [5.74, 6) is -1.22. The van der Waals surface area contributed by atoms with Crippen LogP contribution in [0.25, 0.3) is 0 Å². The summed E-state index contributed by atoms with van der Waals surface area (Å²) in [6, 6.07) is 0. The highest BCUT2D eigenvalue weighted by atomic mass is 19.4. The van der Waals surface area contributed by atoms with Gasteiger partial charge in [-0.1, -0.05) is 19.2 Å². The van der Waals surface area contributed by atoms with Crippen molar-refractivity contribution in [2.45, 2.75) is 25.4 Å². The highest BCUT2D eigenvalue weighted by Crippen LogP contribution is 2.37. The Hall–Kier alpha value is -1.32. The second kappa shape index (κ2) is 5.14. The fourth-order valence-electron chi connectivity index (χ4n) is 1.73. The molecule has 16 heavy (non-hydrogen) atoms. The Morgan fingerprint density at radius 3 is 2.50 bits per heavy atom. The zero-order valence-corrected chi connectivity index (χ0v) is 8.93. The minimum atomic E-state index is -4.09. The molecule has 0 radical (unpaired) electrons. The molecule has 1 atom stereocenters. The van der Waals surface area contributed by atoms with Crippen molar-refractivity contribution in [2.24, 2.45) is 10.9 Å². The molecule has 0 heterocycles. The molecule has 0 aromatic rings. The maximum atomic E-state index is 12.4. The summed E-state index contributed by atoms with van der Waals surface area (Å²) in [5, 5.41) is 0. The third kappa shape index (κ3) is 3.08. The third-order valence-corrected chi connectivity index (χ3v) is 2.63. The van der Waals surface area contributed by atoms with Gasteiger partial charge in [0.25, 0.3) is 0 Å². The van der Waals surface area contributed by atoms with Gasteiger partial charge in [0.05, 0.1) is 11.6 Å². The summed E-state index contributed by atoms with van der Waals surface area (Å²) in [6.07, 6.45) is 0.970. The minimum absolute atomic E-state index is 0.0306. The Labute approximate surface area is 93.1 Å². The number of hydrogen-bond acceptors (Lipinski definition) is 1. The molecule has 0 aliphatic heterocycles. The molecule has 0 fully saturated rings. The predicted molar refractivity (Wildman–Crippen MR) is 59.3 cm³/mol. The third-order valence-electron chi connectivity index (χ3n) is 2.63. The molecule has 0 spiro atoms. The van der Waals surface area contributed by atoms with Crippen molar-refractivity contribution < 1.29 is 13.2 Å². The van der Waals surface area contributed by atoms with Crippen molar-refractivity contribution in [3.63, 3.8) is 0 Å². The quantitative estimate of drug-likeness (QED) is 0.647. The Balaban J connectivity index is 2.76. The van der Waals surface area contributed by atoms with Crippen LogP contribution >= 0.6 is 0 Å². The summed E-state index contributed by atoms with van der Waals surface area (Å²) in [6.45, 7) is 7.04. The topological polar surface area (TPSA) is 12.4 Å². The molecular weight excluding hydrogens is 215 g/mol. The number of halogens is 3. The first kappa shape index (κ1) is 12.7. The van der Waals surface area contributed by atoms with Gasteiger partial charge >= 0.3 is 6.18 Å². The van der Waals surface area contributed by atoms with Gasteiger partial charge in [0.15, 0.2) is 0 Å². The van der Waals surface area contributed by atoms with Crippen LogP contribution in [0.5, 0.6) is 0 Å². The molecule has 0 bridgehead atoms. The smallest absolute Gasteiger partial charge is 0.257 e. The molecule has 0 aromatic carbocycles. The number of allylic oxidation sites excluding steroid dienone is 3. The molecule has 88 valence electrons. The maximum absolute atomic E-state index is 12.4. The largest absolute Gasteiger partial charge is 0.392 e. The lowest BCUT2D eigenvalue weighted by Gasteiger charge is -2.24. The molecule has 0 aromatic heterocycles. The van der Waals surface area contributed by atoms with Gasteiger partial charge in [-0.3, -0.25) is 4.99 Å². The second-order valence-electron chi connectivity index (χ2n) is 3.64. The van der Waals surface area contributed by atoms with Crippen molar-refractivity contribution >= 4 is 5.71 Å². The Kier molecular flexibility index (Phi) is 4.10. The lowest BCUT2D eigenvalue weighted by atomic mass is 9.87. The van der Waals surface area contributed by atoms with Crippen molar-refractivity contribution in [1.29, 1.82) is 0 Å². The van der Waals surface area contributed by atoms with Crippen molar-refractivity contribution in [2.75, 3.05) is 0 Å². The normalized spacial score (nSPS) is 22.6. The molecule has 1 rings (SSSR count). The molecule has 0 saturated heterocycles. The predicted octanol–water partition coefficient (Wildman–Crippen LogP) is 4.05. The summed E-state index contributed by atoms with van der Waals surface area (Å²) in [4.78, 5) is 3.97. The van der Waals surface area contributed by atoms with Crippen LogP contribution in [0.3, 0.4) is 0 Å². The fourth-order valence-corrected chi connectivity index (χ4v) is 1.73. The first-order chi connectivity index (χ1) is 7.49. The van der Waals surface area contributed by atoms with Crippen LogP contribution in [0.4, 0.5) is 13.2 Å². The molecule has 1 unspecified atom stereocenters. The Morgan fingerprint density at radius 1 is 1.44 bits per heavy atom. The van der Waals surface area contributed by atoms with Crippen molar-refractivity contribution in [1.82, 2.24) is 0 Å². The summed E-state index contributed by atoms with van der Waals surface area (Å²) in [5.41, 5.74) is 1.45. The van der Waals surface area contributed by atoms with Gasteiger partial charge in [-0.15, -0.1) is 0 Å². The highest BCUT2D eigenvalue weighted by molar-refractivity contribution is 6.08. The van der Waals surface area contributed by atoms with Gasteiger partial charge in [0, 0.05) is 6.20 Å². The molecular formula is C12H14F3N. The van der Waals surface area contributed by atoms with E-state index in [4.69, 9.17) is 0 Å². The van der Waals surface area contributed by atoms with E-state index in [2.05, 4.69) is 18.2 Å². The van der Waals surface area contributed by atoms with Gasteiger partial charge in [-0.25, -0.2) is 0 Å². The zero-order valence-electron chi connectivity index (χ0n) is 8.93. The zero-order chi connectivity index (χ0) is 12.2. The van der Waals surface area contributed by atoms with Crippen LogP contribution < -0.4 is 0 Å². The number of aliphatic imine (C=N–C) groups is 1. The molecule has 1 aliphatic carbocycles. The van der Waals surface area contributed by atoms with Gasteiger partial charge < -0.3 is 0 Å². The molecule has 0 N–H and O–H groups in total. The van der Waals surface area contributed by atoms with E-state index in [1.807, 2.05) is 0 Å². The fraction of sp³-hybridized carbons (Fsp3) is 0.417. The number of nitrogens with zero attached hydrogens (tertiary/aromatic N) is 1. The SMILES string of the molecule is C=CN=C(C=C)C1=CCC(C(F)(F)F)CC1. The standard InChI is InChI=1S/C12H14F3N/c1-3-11(16-4-2)9-5-7-10(8-6-9)12(13,14)15/h3-5,10H,1-2,6-8H2. The Bertz CT molecular complexity index is 337. The lowest BCUT2D eigenvalue weighted by Crippen LogP contribution is -2.25. The van der Waals surface area contributed by atoms with E-state index in [0.717, 1.165) is 5.57 Å². The molecule has 1 nitrogen and oxygen atoms in total. The van der Waals surface area contributed by atoms with Crippen LogP contribution in [-0.4, -0.2) is 11.9 Å². The Morgan fingerprint density at radius 2 is 2.12 bits per heavy atom. The van der Waals surface area contributed by atoms with Crippen LogP contribution in [0.2, 0.25) is 0 Å². The van der Waals surface area contributed by atoms with E-state index in [1.54, 1.807) is 12.2 Å². The van der Waals surface area contributed by atoms with Gasteiger partial charge in [-0.05, 0) is 30.9 Å². The molecule has 0 amide bonds. The average Bonchev–Trinajstić information content (AvgIpc) is 2.25. The first-order valence-electron chi connectivity index (χ1n) is 5.06. The van der Waals surface area contributed by atoms with Crippen LogP contribution in [0, 0.1) is 5.92 Å². The van der Waals surface area contributed by atoms with Crippen LogP contribution in [0.1, 0.15) is 19.3 Å². The van der Waals surface area contributed by atoms with E-state index >= 15 is 0 Å². The number of rotatable bonds is 3.